The van der Waals surface area contributed by atoms with Crippen LogP contribution in [0.15, 0.2) is 48.3 Å². The van der Waals surface area contributed by atoms with Crippen LogP contribution < -0.4 is 0 Å². The Balaban J connectivity index is 1.70. The maximum atomic E-state index is 13.3. The van der Waals surface area contributed by atoms with Crippen LogP contribution in [0.1, 0.15) is 22.3 Å². The SMILES string of the molecule is N#C/C(=C\c1cn(Cc2cc(C(F)(F)F)cc(C(F)(F)F)c2)c2ncccc12)C(=O)OCC1COC1. The van der Waals surface area contributed by atoms with Crippen LogP contribution in [0.3, 0.4) is 0 Å². The van der Waals surface area contributed by atoms with Crippen molar-refractivity contribution in [3.05, 3.63) is 70.6 Å². The van der Waals surface area contributed by atoms with E-state index in [9.17, 15) is 36.4 Å². The van der Waals surface area contributed by atoms with Gasteiger partial charge in [0.1, 0.15) is 17.3 Å². The lowest BCUT2D eigenvalue weighted by molar-refractivity contribution is -0.146. The Labute approximate surface area is 200 Å². The number of pyridine rings is 1. The van der Waals surface area contributed by atoms with Crippen molar-refractivity contribution < 1.29 is 40.6 Å². The number of halogens is 6. The lowest BCUT2D eigenvalue weighted by Gasteiger charge is -2.25. The van der Waals surface area contributed by atoms with Crippen molar-refractivity contribution in [3.8, 4) is 6.07 Å². The fraction of sp³-hybridized carbons (Fsp3) is 0.292. The second-order valence-electron chi connectivity index (χ2n) is 8.17. The fourth-order valence-electron chi connectivity index (χ4n) is 3.64. The van der Waals surface area contributed by atoms with E-state index in [1.54, 1.807) is 18.2 Å². The first-order valence-corrected chi connectivity index (χ1v) is 10.5. The van der Waals surface area contributed by atoms with Crippen molar-refractivity contribution >= 4 is 23.1 Å². The maximum absolute atomic E-state index is 13.3. The van der Waals surface area contributed by atoms with Crippen molar-refractivity contribution in [2.75, 3.05) is 19.8 Å². The number of alkyl halides is 6. The van der Waals surface area contributed by atoms with Gasteiger partial charge in [0.15, 0.2) is 0 Å². The molecule has 188 valence electrons. The topological polar surface area (TPSA) is 77.1 Å². The Morgan fingerprint density at radius 1 is 1.17 bits per heavy atom. The van der Waals surface area contributed by atoms with Gasteiger partial charge in [-0.05, 0) is 42.0 Å². The van der Waals surface area contributed by atoms with E-state index in [0.29, 0.717) is 36.3 Å². The van der Waals surface area contributed by atoms with Crippen LogP contribution in [0.4, 0.5) is 26.3 Å². The van der Waals surface area contributed by atoms with Crippen LogP contribution in [0.5, 0.6) is 0 Å². The molecule has 1 aliphatic rings. The Morgan fingerprint density at radius 2 is 1.83 bits per heavy atom. The van der Waals surface area contributed by atoms with Crippen molar-refractivity contribution in [2.24, 2.45) is 5.92 Å². The average Bonchev–Trinajstić information content (AvgIpc) is 3.12. The zero-order chi connectivity index (χ0) is 26.1. The van der Waals surface area contributed by atoms with Crippen LogP contribution >= 0.6 is 0 Å². The molecule has 0 aliphatic carbocycles. The highest BCUT2D eigenvalue weighted by Gasteiger charge is 2.37. The minimum atomic E-state index is -4.98. The molecule has 0 bridgehead atoms. The summed E-state index contributed by atoms with van der Waals surface area (Å²) in [4.78, 5) is 16.5. The Kier molecular flexibility index (Phi) is 6.77. The normalized spacial score (nSPS) is 15.0. The smallest absolute Gasteiger partial charge is 0.416 e. The lowest BCUT2D eigenvalue weighted by Crippen LogP contribution is -2.32. The molecule has 0 saturated carbocycles. The number of esters is 1. The van der Waals surface area contributed by atoms with Gasteiger partial charge in [-0.15, -0.1) is 0 Å². The number of hydrogen-bond acceptors (Lipinski definition) is 5. The molecule has 1 aromatic carbocycles. The fourth-order valence-corrected chi connectivity index (χ4v) is 3.64. The lowest BCUT2D eigenvalue weighted by atomic mass is 10.0. The van der Waals surface area contributed by atoms with E-state index in [2.05, 4.69) is 4.98 Å². The molecule has 0 unspecified atom stereocenters. The van der Waals surface area contributed by atoms with Crippen LogP contribution in [0.2, 0.25) is 0 Å². The number of benzene rings is 1. The second kappa shape index (κ2) is 9.66. The maximum Gasteiger partial charge on any atom is 0.416 e. The third kappa shape index (κ3) is 5.52. The molecule has 0 radical (unpaired) electrons. The summed E-state index contributed by atoms with van der Waals surface area (Å²) in [5.74, 6) is -0.809. The molecule has 0 atom stereocenters. The number of carbonyl (C=O) groups excluding carboxylic acids is 1. The van der Waals surface area contributed by atoms with Gasteiger partial charge < -0.3 is 14.0 Å². The van der Waals surface area contributed by atoms with Crippen LogP contribution in [0, 0.1) is 17.2 Å². The number of aromatic nitrogens is 2. The van der Waals surface area contributed by atoms with Gasteiger partial charge in [0, 0.05) is 35.8 Å². The van der Waals surface area contributed by atoms with Crippen molar-refractivity contribution in [2.45, 2.75) is 18.9 Å². The second-order valence-corrected chi connectivity index (χ2v) is 8.17. The third-order valence-corrected chi connectivity index (χ3v) is 5.46. The molecule has 1 saturated heterocycles. The highest BCUT2D eigenvalue weighted by atomic mass is 19.4. The standard InChI is InChI=1S/C24H17F6N3O3/c25-23(26,27)18-4-14(5-19(7-18)24(28,29)30)9-33-10-17(20-2-1-3-32-21(20)33)6-16(8-31)22(34)36-13-15-11-35-12-15/h1-7,10,15H,9,11-13H2/b16-6+. The Morgan fingerprint density at radius 3 is 2.39 bits per heavy atom. The molecule has 0 N–H and O–H groups in total. The minimum Gasteiger partial charge on any atom is -0.461 e. The molecule has 3 aromatic rings. The molecular weight excluding hydrogens is 492 g/mol. The van der Waals surface area contributed by atoms with Crippen LogP contribution in [0.25, 0.3) is 17.1 Å². The van der Waals surface area contributed by atoms with E-state index in [-0.39, 0.29) is 41.9 Å². The predicted molar refractivity (Wildman–Crippen MR) is 114 cm³/mol. The molecular formula is C24H17F6N3O3. The Hall–Kier alpha value is -3.85. The van der Waals surface area contributed by atoms with E-state index in [4.69, 9.17) is 9.47 Å². The van der Waals surface area contributed by atoms with Gasteiger partial charge in [0.25, 0.3) is 0 Å². The van der Waals surface area contributed by atoms with Gasteiger partial charge in [0.2, 0.25) is 0 Å². The molecule has 12 heteroatoms. The van der Waals surface area contributed by atoms with E-state index < -0.39 is 29.4 Å². The number of nitriles is 1. The van der Waals surface area contributed by atoms with Crippen molar-refractivity contribution in [1.82, 2.24) is 9.55 Å². The number of hydrogen-bond donors (Lipinski definition) is 0. The number of fused-ring (bicyclic) bond motifs is 1. The Bertz CT molecular complexity index is 1330. The van der Waals surface area contributed by atoms with E-state index in [1.165, 1.54) is 23.0 Å². The summed E-state index contributed by atoms with van der Waals surface area (Å²) < 4.78 is 91.0. The molecule has 0 amide bonds. The number of rotatable bonds is 6. The van der Waals surface area contributed by atoms with Gasteiger partial charge in [-0.2, -0.15) is 31.6 Å². The summed E-state index contributed by atoms with van der Waals surface area (Å²) in [6, 6.07) is 6.27. The monoisotopic (exact) mass is 509 g/mol. The van der Waals surface area contributed by atoms with Gasteiger partial charge in [-0.3, -0.25) is 0 Å². The average molecular weight is 509 g/mol. The van der Waals surface area contributed by atoms with E-state index >= 15 is 0 Å². The number of nitrogens with zero attached hydrogens (tertiary/aromatic N) is 3. The van der Waals surface area contributed by atoms with Crippen molar-refractivity contribution in [1.29, 1.82) is 5.26 Å². The molecule has 3 heterocycles. The first-order valence-electron chi connectivity index (χ1n) is 10.5. The van der Waals surface area contributed by atoms with Crippen LogP contribution in [-0.4, -0.2) is 35.3 Å². The molecule has 2 aromatic heterocycles. The summed E-state index contributed by atoms with van der Waals surface area (Å²) in [6.07, 6.45) is -5.91. The van der Waals surface area contributed by atoms with Gasteiger partial charge in [0.05, 0.1) is 30.9 Å². The van der Waals surface area contributed by atoms with Crippen LogP contribution in [-0.2, 0) is 33.2 Å². The number of ether oxygens (including phenoxy) is 2. The number of carbonyl (C=O) groups is 1. The predicted octanol–water partition coefficient (Wildman–Crippen LogP) is 5.22. The highest BCUT2D eigenvalue weighted by molar-refractivity contribution is 6.00. The van der Waals surface area contributed by atoms with Crippen molar-refractivity contribution in [3.63, 3.8) is 0 Å². The molecule has 1 fully saturated rings. The van der Waals surface area contributed by atoms with Gasteiger partial charge in [-0.1, -0.05) is 0 Å². The van der Waals surface area contributed by atoms with E-state index in [1.807, 2.05) is 0 Å². The summed E-state index contributed by atoms with van der Waals surface area (Å²) >= 11 is 0. The molecule has 1 aliphatic heterocycles. The van der Waals surface area contributed by atoms with E-state index in [0.717, 1.165) is 0 Å². The summed E-state index contributed by atoms with van der Waals surface area (Å²) in [5, 5.41) is 9.88. The molecule has 6 nitrogen and oxygen atoms in total. The molecule has 0 spiro atoms. The summed E-state index contributed by atoms with van der Waals surface area (Å²) in [7, 11) is 0. The van der Waals surface area contributed by atoms with Gasteiger partial charge in [-0.25, -0.2) is 9.78 Å². The zero-order valence-corrected chi connectivity index (χ0v) is 18.4. The first-order chi connectivity index (χ1) is 17.0. The third-order valence-electron chi connectivity index (χ3n) is 5.46. The first kappa shape index (κ1) is 25.2. The summed E-state index contributed by atoms with van der Waals surface area (Å²) in [6.45, 7) is 0.605. The minimum absolute atomic E-state index is 0.0501. The van der Waals surface area contributed by atoms with Gasteiger partial charge >= 0.3 is 18.3 Å². The summed E-state index contributed by atoms with van der Waals surface area (Å²) in [5.41, 5.74) is -2.87. The largest absolute Gasteiger partial charge is 0.461 e. The zero-order valence-electron chi connectivity index (χ0n) is 18.4. The highest BCUT2D eigenvalue weighted by Crippen LogP contribution is 2.36. The molecule has 4 rings (SSSR count). The molecule has 36 heavy (non-hydrogen) atoms. The quantitative estimate of drug-likeness (QED) is 0.197.